The van der Waals surface area contributed by atoms with Crippen molar-refractivity contribution in [1.82, 2.24) is 4.90 Å². The lowest BCUT2D eigenvalue weighted by atomic mass is 10.0. The fourth-order valence-corrected chi connectivity index (χ4v) is 2.02. The van der Waals surface area contributed by atoms with Gasteiger partial charge >= 0.3 is 6.18 Å². The summed E-state index contributed by atoms with van der Waals surface area (Å²) in [6, 6.07) is 3.58. The highest BCUT2D eigenvalue weighted by molar-refractivity contribution is 5.96. The minimum Gasteiger partial charge on any atom is -0.302 e. The van der Waals surface area contributed by atoms with Crippen molar-refractivity contribution < 1.29 is 18.0 Å². The molecule has 0 spiro atoms. The third kappa shape index (κ3) is 5.26. The fraction of sp³-hybridized carbons (Fsp3) is 0.500. The molecule has 0 heterocycles. The van der Waals surface area contributed by atoms with Gasteiger partial charge in [-0.25, -0.2) is 0 Å². The maximum atomic E-state index is 12.8. The lowest BCUT2D eigenvalue weighted by Gasteiger charge is -2.18. The number of Topliss-reactive ketones (excluding diaryl/α,β-unsaturated/α-hetero) is 1. The molecule has 21 heavy (non-hydrogen) atoms. The standard InChI is InChI=1S/C14H17F3N2O2/c1-10(20)12-8-11(4-5-13(12)14(15,16)17)9-19(2)7-3-6-18-21/h4-5,8H,3,6-7,9H2,1-2H3. The predicted octanol–water partition coefficient (Wildman–Crippen LogP) is 3.50. The van der Waals surface area contributed by atoms with Crippen molar-refractivity contribution in [3.8, 4) is 0 Å². The number of hydrogen-bond acceptors (Lipinski definition) is 4. The zero-order chi connectivity index (χ0) is 16.0. The first-order valence-electron chi connectivity index (χ1n) is 6.44. The summed E-state index contributed by atoms with van der Waals surface area (Å²) >= 11 is 0. The Hall–Kier alpha value is -1.76. The molecule has 0 N–H and O–H groups in total. The lowest BCUT2D eigenvalue weighted by molar-refractivity contribution is -0.137. The average Bonchev–Trinajstić information content (AvgIpc) is 2.37. The Morgan fingerprint density at radius 1 is 1.33 bits per heavy atom. The molecule has 0 atom stereocenters. The third-order valence-corrected chi connectivity index (χ3v) is 3.01. The molecule has 1 aromatic carbocycles. The quantitative estimate of drug-likeness (QED) is 0.440. The highest BCUT2D eigenvalue weighted by Crippen LogP contribution is 2.32. The van der Waals surface area contributed by atoms with Gasteiger partial charge in [0.2, 0.25) is 0 Å². The molecular formula is C14H17F3N2O2. The van der Waals surface area contributed by atoms with Crippen molar-refractivity contribution in [2.75, 3.05) is 20.1 Å². The van der Waals surface area contributed by atoms with Crippen LogP contribution in [0.25, 0.3) is 0 Å². The molecule has 1 aromatic rings. The van der Waals surface area contributed by atoms with E-state index in [0.29, 0.717) is 25.1 Å². The van der Waals surface area contributed by atoms with E-state index in [1.54, 1.807) is 7.05 Å². The van der Waals surface area contributed by atoms with E-state index in [0.717, 1.165) is 13.0 Å². The zero-order valence-electron chi connectivity index (χ0n) is 11.9. The Balaban J connectivity index is 2.88. The number of nitrogens with zero attached hydrogens (tertiary/aromatic N) is 2. The fourth-order valence-electron chi connectivity index (χ4n) is 2.02. The van der Waals surface area contributed by atoms with E-state index >= 15 is 0 Å². The van der Waals surface area contributed by atoms with Crippen molar-refractivity contribution in [3.63, 3.8) is 0 Å². The van der Waals surface area contributed by atoms with Crippen LogP contribution in [-0.2, 0) is 12.7 Å². The van der Waals surface area contributed by atoms with Crippen LogP contribution in [0.4, 0.5) is 13.2 Å². The number of nitroso groups, excluding NO2 is 1. The molecule has 0 bridgehead atoms. The molecule has 116 valence electrons. The van der Waals surface area contributed by atoms with E-state index < -0.39 is 17.5 Å². The summed E-state index contributed by atoms with van der Waals surface area (Å²) in [5.74, 6) is -0.614. The van der Waals surface area contributed by atoms with Gasteiger partial charge in [0, 0.05) is 18.7 Å². The van der Waals surface area contributed by atoms with Gasteiger partial charge in [-0.2, -0.15) is 18.1 Å². The van der Waals surface area contributed by atoms with Crippen molar-refractivity contribution in [3.05, 3.63) is 39.8 Å². The maximum Gasteiger partial charge on any atom is 0.417 e. The second kappa shape index (κ2) is 7.31. The summed E-state index contributed by atoms with van der Waals surface area (Å²) in [5.41, 5.74) is -0.607. The predicted molar refractivity (Wildman–Crippen MR) is 73.1 cm³/mol. The van der Waals surface area contributed by atoms with E-state index in [9.17, 15) is 22.9 Å². The molecule has 0 unspecified atom stereocenters. The topological polar surface area (TPSA) is 49.7 Å². The second-order valence-electron chi connectivity index (χ2n) is 4.88. The van der Waals surface area contributed by atoms with Crippen molar-refractivity contribution in [2.24, 2.45) is 5.18 Å². The number of benzene rings is 1. The second-order valence-corrected chi connectivity index (χ2v) is 4.88. The van der Waals surface area contributed by atoms with Gasteiger partial charge in [0.25, 0.3) is 0 Å². The molecule has 0 aliphatic rings. The van der Waals surface area contributed by atoms with Crippen LogP contribution >= 0.6 is 0 Å². The third-order valence-electron chi connectivity index (χ3n) is 3.01. The van der Waals surface area contributed by atoms with Crippen molar-refractivity contribution in [2.45, 2.75) is 26.1 Å². The van der Waals surface area contributed by atoms with E-state index in [-0.39, 0.29) is 12.1 Å². The number of carbonyl (C=O) groups excluding carboxylic acids is 1. The number of halogens is 3. The van der Waals surface area contributed by atoms with Crippen LogP contribution in [0.1, 0.15) is 34.8 Å². The Labute approximate surface area is 120 Å². The highest BCUT2D eigenvalue weighted by atomic mass is 19.4. The Morgan fingerprint density at radius 2 is 2.00 bits per heavy atom. The minimum atomic E-state index is -4.54. The van der Waals surface area contributed by atoms with Gasteiger partial charge in [0.1, 0.15) is 0 Å². The van der Waals surface area contributed by atoms with Gasteiger partial charge in [-0.15, -0.1) is 0 Å². The lowest BCUT2D eigenvalue weighted by Crippen LogP contribution is -2.20. The summed E-state index contributed by atoms with van der Waals surface area (Å²) in [4.78, 5) is 23.2. The molecule has 0 aliphatic carbocycles. The molecule has 7 heteroatoms. The van der Waals surface area contributed by atoms with Gasteiger partial charge in [-0.1, -0.05) is 11.2 Å². The summed E-state index contributed by atoms with van der Waals surface area (Å²) in [5, 5.41) is 2.74. The Kier molecular flexibility index (Phi) is 6.02. The monoisotopic (exact) mass is 302 g/mol. The van der Waals surface area contributed by atoms with Crippen LogP contribution in [0.15, 0.2) is 23.4 Å². The van der Waals surface area contributed by atoms with E-state index in [4.69, 9.17) is 0 Å². The molecule has 0 aromatic heterocycles. The van der Waals surface area contributed by atoms with Gasteiger partial charge in [-0.3, -0.25) is 4.79 Å². The minimum absolute atomic E-state index is 0.204. The molecular weight excluding hydrogens is 285 g/mol. The van der Waals surface area contributed by atoms with Gasteiger partial charge < -0.3 is 4.90 Å². The number of hydrogen-bond donors (Lipinski definition) is 0. The zero-order valence-corrected chi connectivity index (χ0v) is 11.9. The number of rotatable bonds is 7. The molecule has 0 saturated carbocycles. The number of alkyl halides is 3. The van der Waals surface area contributed by atoms with Crippen LogP contribution in [0.2, 0.25) is 0 Å². The van der Waals surface area contributed by atoms with Crippen LogP contribution < -0.4 is 0 Å². The summed E-state index contributed by atoms with van der Waals surface area (Å²) in [7, 11) is 1.79. The molecule has 0 amide bonds. The molecule has 0 fully saturated rings. The maximum absolute atomic E-state index is 12.8. The normalized spacial score (nSPS) is 11.7. The van der Waals surface area contributed by atoms with E-state index in [2.05, 4.69) is 5.18 Å². The summed E-state index contributed by atoms with van der Waals surface area (Å²) in [6.07, 6.45) is -3.96. The van der Waals surface area contributed by atoms with Gasteiger partial charge in [-0.05, 0) is 38.1 Å². The molecule has 0 aliphatic heterocycles. The molecule has 0 saturated heterocycles. The van der Waals surface area contributed by atoms with Crippen LogP contribution in [0.3, 0.4) is 0 Å². The largest absolute Gasteiger partial charge is 0.417 e. The van der Waals surface area contributed by atoms with Crippen LogP contribution in [0, 0.1) is 4.91 Å². The summed E-state index contributed by atoms with van der Waals surface area (Å²) < 4.78 is 38.4. The SMILES string of the molecule is CC(=O)c1cc(CN(C)CCCN=O)ccc1C(F)(F)F. The van der Waals surface area contributed by atoms with Gasteiger partial charge in [0.05, 0.1) is 12.1 Å². The number of carbonyl (C=O) groups is 1. The number of ketones is 1. The molecule has 1 rings (SSSR count). The molecule has 0 radical (unpaired) electrons. The first kappa shape index (κ1) is 17.3. The Morgan fingerprint density at radius 3 is 2.52 bits per heavy atom. The summed E-state index contributed by atoms with van der Waals surface area (Å²) in [6.45, 7) is 2.32. The Bertz CT molecular complexity index is 515. The van der Waals surface area contributed by atoms with Crippen molar-refractivity contribution in [1.29, 1.82) is 0 Å². The van der Waals surface area contributed by atoms with Crippen LogP contribution in [-0.4, -0.2) is 30.8 Å². The molecule has 4 nitrogen and oxygen atoms in total. The highest BCUT2D eigenvalue weighted by Gasteiger charge is 2.34. The average molecular weight is 302 g/mol. The van der Waals surface area contributed by atoms with Crippen molar-refractivity contribution >= 4 is 5.78 Å². The smallest absolute Gasteiger partial charge is 0.302 e. The van der Waals surface area contributed by atoms with Gasteiger partial charge in [0.15, 0.2) is 5.78 Å². The van der Waals surface area contributed by atoms with Crippen LogP contribution in [0.5, 0.6) is 0 Å². The first-order chi connectivity index (χ1) is 9.75. The van der Waals surface area contributed by atoms with E-state index in [1.165, 1.54) is 12.1 Å². The van der Waals surface area contributed by atoms with E-state index in [1.807, 2.05) is 4.90 Å². The first-order valence-corrected chi connectivity index (χ1v) is 6.44.